The number of halogens is 1. The highest BCUT2D eigenvalue weighted by Crippen LogP contribution is 2.19. The zero-order valence-electron chi connectivity index (χ0n) is 9.68. The molecule has 0 radical (unpaired) electrons. The van der Waals surface area contributed by atoms with E-state index in [4.69, 9.17) is 5.11 Å². The molecule has 0 amide bonds. The minimum absolute atomic E-state index is 0.239. The molecule has 0 aliphatic heterocycles. The van der Waals surface area contributed by atoms with Crippen molar-refractivity contribution in [3.63, 3.8) is 0 Å². The van der Waals surface area contributed by atoms with Gasteiger partial charge in [0.05, 0.1) is 0 Å². The van der Waals surface area contributed by atoms with Gasteiger partial charge in [0.1, 0.15) is 0 Å². The lowest BCUT2D eigenvalue weighted by Crippen LogP contribution is -2.03. The predicted octanol–water partition coefficient (Wildman–Crippen LogP) is 3.58. The van der Waals surface area contributed by atoms with E-state index in [-0.39, 0.29) is 6.61 Å². The Morgan fingerprint density at radius 2 is 2.00 bits per heavy atom. The minimum atomic E-state index is 0.239. The SMILES string of the molecule is CC.Cc1cc(NCCCO)ccc1Br. The van der Waals surface area contributed by atoms with Crippen LogP contribution in [0.1, 0.15) is 25.8 Å². The van der Waals surface area contributed by atoms with Crippen molar-refractivity contribution in [1.82, 2.24) is 0 Å². The van der Waals surface area contributed by atoms with Crippen molar-refractivity contribution in [2.75, 3.05) is 18.5 Å². The molecule has 0 spiro atoms. The van der Waals surface area contributed by atoms with Gasteiger partial charge in [-0.25, -0.2) is 0 Å². The van der Waals surface area contributed by atoms with E-state index < -0.39 is 0 Å². The molecule has 86 valence electrons. The van der Waals surface area contributed by atoms with Gasteiger partial charge < -0.3 is 10.4 Å². The molecule has 0 heterocycles. The summed E-state index contributed by atoms with van der Waals surface area (Å²) in [4.78, 5) is 0. The first kappa shape index (κ1) is 14.5. The van der Waals surface area contributed by atoms with Gasteiger partial charge in [0.2, 0.25) is 0 Å². The molecule has 0 saturated carbocycles. The number of anilines is 1. The number of aliphatic hydroxyl groups is 1. The van der Waals surface area contributed by atoms with Crippen LogP contribution in [0.4, 0.5) is 5.69 Å². The third-order valence-electron chi connectivity index (χ3n) is 1.82. The van der Waals surface area contributed by atoms with E-state index in [1.807, 2.05) is 26.0 Å². The fraction of sp³-hybridized carbons (Fsp3) is 0.500. The van der Waals surface area contributed by atoms with E-state index in [0.717, 1.165) is 23.1 Å². The standard InChI is InChI=1S/C10H14BrNO.C2H6/c1-8-7-9(3-4-10(8)11)12-5-2-6-13;1-2/h3-4,7,12-13H,2,5-6H2,1H3;1-2H3. The highest BCUT2D eigenvalue weighted by molar-refractivity contribution is 9.10. The summed E-state index contributed by atoms with van der Waals surface area (Å²) in [5.41, 5.74) is 2.32. The Kier molecular flexibility index (Phi) is 8.43. The van der Waals surface area contributed by atoms with Gasteiger partial charge in [-0.3, -0.25) is 0 Å². The highest BCUT2D eigenvalue weighted by atomic mass is 79.9. The fourth-order valence-electron chi connectivity index (χ4n) is 1.07. The van der Waals surface area contributed by atoms with E-state index in [9.17, 15) is 0 Å². The maximum Gasteiger partial charge on any atom is 0.0447 e. The number of hydrogen-bond acceptors (Lipinski definition) is 2. The smallest absolute Gasteiger partial charge is 0.0447 e. The van der Waals surface area contributed by atoms with E-state index in [1.54, 1.807) is 0 Å². The Balaban J connectivity index is 0.000000921. The van der Waals surface area contributed by atoms with Crippen molar-refractivity contribution in [2.45, 2.75) is 27.2 Å². The van der Waals surface area contributed by atoms with Gasteiger partial charge in [0.25, 0.3) is 0 Å². The molecule has 0 aliphatic rings. The van der Waals surface area contributed by atoms with E-state index in [0.29, 0.717) is 0 Å². The second-order valence-electron chi connectivity index (χ2n) is 2.97. The van der Waals surface area contributed by atoms with Gasteiger partial charge in [-0.05, 0) is 37.1 Å². The first-order chi connectivity index (χ1) is 7.24. The molecule has 1 aromatic carbocycles. The van der Waals surface area contributed by atoms with Crippen molar-refractivity contribution in [2.24, 2.45) is 0 Å². The number of rotatable bonds is 4. The largest absolute Gasteiger partial charge is 0.396 e. The first-order valence-electron chi connectivity index (χ1n) is 5.35. The molecule has 1 aromatic rings. The van der Waals surface area contributed by atoms with Gasteiger partial charge >= 0.3 is 0 Å². The molecule has 0 aliphatic carbocycles. The van der Waals surface area contributed by atoms with Crippen molar-refractivity contribution in [3.05, 3.63) is 28.2 Å². The fourth-order valence-corrected chi connectivity index (χ4v) is 1.31. The van der Waals surface area contributed by atoms with Crippen LogP contribution in [-0.4, -0.2) is 18.3 Å². The molecule has 2 nitrogen and oxygen atoms in total. The van der Waals surface area contributed by atoms with Crippen molar-refractivity contribution in [3.8, 4) is 0 Å². The summed E-state index contributed by atoms with van der Waals surface area (Å²) in [7, 11) is 0. The average molecular weight is 274 g/mol. The zero-order chi connectivity index (χ0) is 11.7. The van der Waals surface area contributed by atoms with Crippen molar-refractivity contribution in [1.29, 1.82) is 0 Å². The van der Waals surface area contributed by atoms with Crippen LogP contribution < -0.4 is 5.32 Å². The van der Waals surface area contributed by atoms with Gasteiger partial charge in [0.15, 0.2) is 0 Å². The highest BCUT2D eigenvalue weighted by Gasteiger charge is 1.95. The van der Waals surface area contributed by atoms with E-state index in [2.05, 4.69) is 34.2 Å². The molecule has 0 atom stereocenters. The molecule has 2 N–H and O–H groups in total. The van der Waals surface area contributed by atoms with Crippen LogP contribution in [-0.2, 0) is 0 Å². The number of benzene rings is 1. The molecule has 15 heavy (non-hydrogen) atoms. The summed E-state index contributed by atoms with van der Waals surface area (Å²) in [5.74, 6) is 0. The maximum atomic E-state index is 8.60. The number of aliphatic hydroxyl groups excluding tert-OH is 1. The van der Waals surface area contributed by atoms with E-state index >= 15 is 0 Å². The van der Waals surface area contributed by atoms with Crippen LogP contribution in [0, 0.1) is 6.92 Å². The summed E-state index contributed by atoms with van der Waals surface area (Å²) < 4.78 is 1.13. The maximum absolute atomic E-state index is 8.60. The Labute approximate surface area is 101 Å². The summed E-state index contributed by atoms with van der Waals surface area (Å²) in [6.07, 6.45) is 0.787. The topological polar surface area (TPSA) is 32.3 Å². The van der Waals surface area contributed by atoms with Crippen LogP contribution >= 0.6 is 15.9 Å². The Morgan fingerprint density at radius 3 is 2.53 bits per heavy atom. The van der Waals surface area contributed by atoms with Gasteiger partial charge in [-0.1, -0.05) is 29.8 Å². The summed E-state index contributed by atoms with van der Waals surface area (Å²) in [5, 5.41) is 11.8. The normalized spacial score (nSPS) is 9.13. The Hall–Kier alpha value is -0.540. The molecule has 0 bridgehead atoms. The monoisotopic (exact) mass is 273 g/mol. The number of aryl methyl sites for hydroxylation is 1. The van der Waals surface area contributed by atoms with Crippen LogP contribution in [0.3, 0.4) is 0 Å². The van der Waals surface area contributed by atoms with Crippen LogP contribution in [0.2, 0.25) is 0 Å². The molecule has 0 saturated heterocycles. The summed E-state index contributed by atoms with van der Waals surface area (Å²) in [6, 6.07) is 6.13. The lowest BCUT2D eigenvalue weighted by atomic mass is 10.2. The van der Waals surface area contributed by atoms with Gasteiger partial charge in [-0.15, -0.1) is 0 Å². The van der Waals surface area contributed by atoms with Crippen molar-refractivity contribution >= 4 is 21.6 Å². The third kappa shape index (κ3) is 5.80. The summed E-state index contributed by atoms with van der Waals surface area (Å²) in [6.45, 7) is 7.11. The van der Waals surface area contributed by atoms with Crippen LogP contribution in [0.15, 0.2) is 22.7 Å². The summed E-state index contributed by atoms with van der Waals surface area (Å²) >= 11 is 3.44. The molecule has 0 fully saturated rings. The Bertz CT molecular complexity index is 276. The second-order valence-corrected chi connectivity index (χ2v) is 3.82. The van der Waals surface area contributed by atoms with Crippen molar-refractivity contribution < 1.29 is 5.11 Å². The average Bonchev–Trinajstić information content (AvgIpc) is 2.27. The second kappa shape index (κ2) is 8.74. The van der Waals surface area contributed by atoms with Crippen LogP contribution in [0.5, 0.6) is 0 Å². The quantitative estimate of drug-likeness (QED) is 0.822. The zero-order valence-corrected chi connectivity index (χ0v) is 11.3. The molecule has 3 heteroatoms. The van der Waals surface area contributed by atoms with Gasteiger partial charge in [0, 0.05) is 23.3 Å². The molecular formula is C12H20BrNO. The number of hydrogen-bond donors (Lipinski definition) is 2. The predicted molar refractivity (Wildman–Crippen MR) is 70.4 cm³/mol. The van der Waals surface area contributed by atoms with E-state index in [1.165, 1.54) is 5.56 Å². The van der Waals surface area contributed by atoms with Crippen LogP contribution in [0.25, 0.3) is 0 Å². The lowest BCUT2D eigenvalue weighted by molar-refractivity contribution is 0.292. The Morgan fingerprint density at radius 1 is 1.33 bits per heavy atom. The molecule has 1 rings (SSSR count). The lowest BCUT2D eigenvalue weighted by Gasteiger charge is -2.06. The number of nitrogens with one attached hydrogen (secondary N) is 1. The van der Waals surface area contributed by atoms with Gasteiger partial charge in [-0.2, -0.15) is 0 Å². The molecule has 0 aromatic heterocycles. The third-order valence-corrected chi connectivity index (χ3v) is 2.71. The molecule has 0 unspecified atom stereocenters. The first-order valence-corrected chi connectivity index (χ1v) is 6.14. The minimum Gasteiger partial charge on any atom is -0.396 e. The molecular weight excluding hydrogens is 254 g/mol.